The molecule has 2 amide bonds. The standard InChI is InChI=1S/C15H13N3O2/c1-9-6-13(17-8-12(9)16)18-14(19)7-10-4-2-3-5-11(10)15(18)20/h2-6,8H,7,16H2,1H3. The number of hydrogen-bond donors (Lipinski definition) is 1. The number of nitrogens with two attached hydrogens (primary N) is 1. The summed E-state index contributed by atoms with van der Waals surface area (Å²) in [7, 11) is 0. The van der Waals surface area contributed by atoms with Crippen LogP contribution in [0.15, 0.2) is 36.5 Å². The van der Waals surface area contributed by atoms with Crippen molar-refractivity contribution >= 4 is 23.3 Å². The maximum atomic E-state index is 12.5. The van der Waals surface area contributed by atoms with Gasteiger partial charge in [-0.1, -0.05) is 18.2 Å². The molecule has 0 saturated heterocycles. The minimum atomic E-state index is -0.339. The smallest absolute Gasteiger partial charge is 0.266 e. The maximum absolute atomic E-state index is 12.5. The monoisotopic (exact) mass is 267 g/mol. The van der Waals surface area contributed by atoms with E-state index in [1.165, 1.54) is 6.20 Å². The van der Waals surface area contributed by atoms with Crippen LogP contribution in [0.25, 0.3) is 0 Å². The van der Waals surface area contributed by atoms with E-state index in [0.29, 0.717) is 17.1 Å². The number of carbonyl (C=O) groups is 2. The van der Waals surface area contributed by atoms with Gasteiger partial charge in [-0.15, -0.1) is 0 Å². The molecule has 1 aromatic heterocycles. The maximum Gasteiger partial charge on any atom is 0.266 e. The molecule has 2 N–H and O–H groups in total. The largest absolute Gasteiger partial charge is 0.397 e. The molecule has 0 saturated carbocycles. The highest BCUT2D eigenvalue weighted by Gasteiger charge is 2.32. The van der Waals surface area contributed by atoms with Crippen LogP contribution in [-0.2, 0) is 11.2 Å². The van der Waals surface area contributed by atoms with E-state index in [-0.39, 0.29) is 18.2 Å². The number of nitrogen functional groups attached to an aromatic ring is 1. The number of hydrogen-bond acceptors (Lipinski definition) is 4. The van der Waals surface area contributed by atoms with Gasteiger partial charge in [0, 0.05) is 5.56 Å². The highest BCUT2D eigenvalue weighted by molar-refractivity contribution is 6.24. The van der Waals surface area contributed by atoms with Gasteiger partial charge in [0.15, 0.2) is 0 Å². The molecular formula is C15H13N3O2. The predicted molar refractivity (Wildman–Crippen MR) is 75.3 cm³/mol. The zero-order chi connectivity index (χ0) is 14.3. The highest BCUT2D eigenvalue weighted by Crippen LogP contribution is 2.25. The van der Waals surface area contributed by atoms with Crippen LogP contribution in [0.5, 0.6) is 0 Å². The second-order valence-corrected chi connectivity index (χ2v) is 4.77. The Hall–Kier alpha value is -2.69. The lowest BCUT2D eigenvalue weighted by molar-refractivity contribution is -0.117. The van der Waals surface area contributed by atoms with Crippen LogP contribution in [0.2, 0.25) is 0 Å². The summed E-state index contributed by atoms with van der Waals surface area (Å²) < 4.78 is 0. The average molecular weight is 267 g/mol. The SMILES string of the molecule is Cc1cc(N2C(=O)Cc3ccccc3C2=O)ncc1N. The first-order valence-electron chi connectivity index (χ1n) is 6.25. The minimum Gasteiger partial charge on any atom is -0.397 e. The van der Waals surface area contributed by atoms with Gasteiger partial charge in [0.25, 0.3) is 5.91 Å². The second kappa shape index (κ2) is 4.45. The summed E-state index contributed by atoms with van der Waals surface area (Å²) in [6, 6.07) is 8.78. The van der Waals surface area contributed by atoms with E-state index in [1.54, 1.807) is 24.3 Å². The number of amides is 2. The first kappa shape index (κ1) is 12.3. The Morgan fingerprint density at radius 1 is 1.25 bits per heavy atom. The van der Waals surface area contributed by atoms with Gasteiger partial charge in [-0.05, 0) is 30.2 Å². The van der Waals surface area contributed by atoms with Gasteiger partial charge >= 0.3 is 0 Å². The van der Waals surface area contributed by atoms with Crippen LogP contribution >= 0.6 is 0 Å². The molecule has 5 nitrogen and oxygen atoms in total. The molecule has 0 unspecified atom stereocenters. The van der Waals surface area contributed by atoms with Crippen molar-refractivity contribution in [3.8, 4) is 0 Å². The van der Waals surface area contributed by atoms with Gasteiger partial charge in [-0.3, -0.25) is 9.59 Å². The Morgan fingerprint density at radius 2 is 2.00 bits per heavy atom. The first-order valence-corrected chi connectivity index (χ1v) is 6.25. The molecule has 2 aromatic rings. The normalized spacial score (nSPS) is 14.3. The van der Waals surface area contributed by atoms with E-state index in [4.69, 9.17) is 5.73 Å². The Morgan fingerprint density at radius 3 is 2.75 bits per heavy atom. The van der Waals surface area contributed by atoms with E-state index >= 15 is 0 Å². The van der Waals surface area contributed by atoms with Crippen LogP contribution in [0, 0.1) is 6.92 Å². The average Bonchev–Trinajstić information content (AvgIpc) is 2.43. The number of anilines is 2. The number of pyridine rings is 1. The fourth-order valence-electron chi connectivity index (χ4n) is 2.26. The van der Waals surface area contributed by atoms with E-state index in [0.717, 1.165) is 16.0 Å². The van der Waals surface area contributed by atoms with Crippen LogP contribution < -0.4 is 10.6 Å². The molecule has 0 bridgehead atoms. The van der Waals surface area contributed by atoms with Crippen molar-refractivity contribution in [1.82, 2.24) is 4.98 Å². The molecule has 3 rings (SSSR count). The molecule has 0 aliphatic carbocycles. The molecule has 1 aromatic carbocycles. The van der Waals surface area contributed by atoms with Gasteiger partial charge in [-0.2, -0.15) is 0 Å². The first-order chi connectivity index (χ1) is 9.58. The van der Waals surface area contributed by atoms with Crippen LogP contribution in [-0.4, -0.2) is 16.8 Å². The van der Waals surface area contributed by atoms with Crippen molar-refractivity contribution in [3.05, 3.63) is 53.2 Å². The number of fused-ring (bicyclic) bond motifs is 1. The summed E-state index contributed by atoms with van der Waals surface area (Å²) in [5, 5.41) is 0. The van der Waals surface area contributed by atoms with Crippen LogP contribution in [0.4, 0.5) is 11.5 Å². The molecule has 2 heterocycles. The summed E-state index contributed by atoms with van der Waals surface area (Å²) in [6.45, 7) is 1.81. The van der Waals surface area contributed by atoms with Gasteiger partial charge < -0.3 is 5.73 Å². The van der Waals surface area contributed by atoms with E-state index < -0.39 is 0 Å². The molecule has 100 valence electrons. The fraction of sp³-hybridized carbons (Fsp3) is 0.133. The number of rotatable bonds is 1. The molecule has 0 fully saturated rings. The lowest BCUT2D eigenvalue weighted by atomic mass is 9.98. The van der Waals surface area contributed by atoms with Gasteiger partial charge in [0.05, 0.1) is 18.3 Å². The summed E-state index contributed by atoms with van der Waals surface area (Å²) >= 11 is 0. The van der Waals surface area contributed by atoms with Crippen molar-refractivity contribution in [2.75, 3.05) is 10.6 Å². The van der Waals surface area contributed by atoms with Gasteiger partial charge in [-0.25, -0.2) is 9.88 Å². The molecule has 0 atom stereocenters. The molecule has 1 aliphatic heterocycles. The van der Waals surface area contributed by atoms with E-state index in [2.05, 4.69) is 4.98 Å². The zero-order valence-corrected chi connectivity index (χ0v) is 11.0. The Labute approximate surface area is 116 Å². The predicted octanol–water partition coefficient (Wildman–Crippen LogP) is 1.70. The minimum absolute atomic E-state index is 0.201. The topological polar surface area (TPSA) is 76.3 Å². The molecule has 20 heavy (non-hydrogen) atoms. The third-order valence-corrected chi connectivity index (χ3v) is 3.41. The number of aryl methyl sites for hydroxylation is 1. The van der Waals surface area contributed by atoms with Gasteiger partial charge in [0.2, 0.25) is 5.91 Å². The number of benzene rings is 1. The van der Waals surface area contributed by atoms with E-state index in [1.807, 2.05) is 13.0 Å². The van der Waals surface area contributed by atoms with Crippen molar-refractivity contribution in [1.29, 1.82) is 0 Å². The zero-order valence-electron chi connectivity index (χ0n) is 11.0. The number of imide groups is 1. The summed E-state index contributed by atoms with van der Waals surface area (Å²) in [5.74, 6) is -0.292. The summed E-state index contributed by atoms with van der Waals surface area (Å²) in [6.07, 6.45) is 1.67. The van der Waals surface area contributed by atoms with E-state index in [9.17, 15) is 9.59 Å². The van der Waals surface area contributed by atoms with Crippen LogP contribution in [0.1, 0.15) is 21.5 Å². The summed E-state index contributed by atoms with van der Waals surface area (Å²) in [5.41, 5.74) is 8.33. The molecule has 0 radical (unpaired) electrons. The lowest BCUT2D eigenvalue weighted by Crippen LogP contribution is -2.43. The summed E-state index contributed by atoms with van der Waals surface area (Å²) in [4.78, 5) is 29.9. The third-order valence-electron chi connectivity index (χ3n) is 3.41. The Kier molecular flexibility index (Phi) is 2.75. The molecular weight excluding hydrogens is 254 g/mol. The lowest BCUT2D eigenvalue weighted by Gasteiger charge is -2.26. The fourth-order valence-corrected chi connectivity index (χ4v) is 2.26. The highest BCUT2D eigenvalue weighted by atomic mass is 16.2. The van der Waals surface area contributed by atoms with Crippen molar-refractivity contribution in [2.45, 2.75) is 13.3 Å². The van der Waals surface area contributed by atoms with Crippen molar-refractivity contribution in [3.63, 3.8) is 0 Å². The van der Waals surface area contributed by atoms with Crippen molar-refractivity contribution in [2.24, 2.45) is 0 Å². The molecule has 1 aliphatic rings. The second-order valence-electron chi connectivity index (χ2n) is 4.77. The Bertz CT molecular complexity index is 725. The number of carbonyl (C=O) groups excluding carboxylic acids is 2. The number of aromatic nitrogens is 1. The quantitative estimate of drug-likeness (QED) is 0.798. The molecule has 0 spiro atoms. The molecule has 5 heteroatoms. The van der Waals surface area contributed by atoms with Gasteiger partial charge in [0.1, 0.15) is 5.82 Å². The Balaban J connectivity index is 2.08. The third kappa shape index (κ3) is 1.84. The number of nitrogens with zero attached hydrogens (tertiary/aromatic N) is 2. The van der Waals surface area contributed by atoms with Crippen LogP contribution in [0.3, 0.4) is 0 Å². The van der Waals surface area contributed by atoms with Crippen molar-refractivity contribution < 1.29 is 9.59 Å².